The van der Waals surface area contributed by atoms with Gasteiger partial charge in [-0.15, -0.1) is 0 Å². The molecular weight excluding hydrogens is 585 g/mol. The summed E-state index contributed by atoms with van der Waals surface area (Å²) in [6, 6.07) is 8.16. The van der Waals surface area contributed by atoms with Crippen molar-refractivity contribution >= 4 is 43.7 Å². The largest absolute Gasteiger partial charge is 0.418 e. The Morgan fingerprint density at radius 1 is 0.950 bits per heavy atom. The Labute approximate surface area is 228 Å². The molecule has 1 saturated heterocycles. The van der Waals surface area contributed by atoms with Crippen LogP contribution >= 0.6 is 0 Å². The molecule has 40 heavy (non-hydrogen) atoms. The number of alkyl halides is 3. The number of rotatable bonds is 3. The van der Waals surface area contributed by atoms with Crippen LogP contribution in [0.1, 0.15) is 26.4 Å². The van der Waals surface area contributed by atoms with Gasteiger partial charge in [0.05, 0.1) is 18.1 Å². The SMILES string of the molecule is CS(=O)(=O)O.CS(=O)(=O)O.NC(N)=NC(=O)c1ccc(N2CCN(C(=O)c3ccccn3)CC2)c(C(F)(F)F)c1. The zero-order chi connectivity index (χ0) is 30.9. The van der Waals surface area contributed by atoms with E-state index in [2.05, 4.69) is 9.98 Å². The molecule has 0 unspecified atom stereocenters. The molecule has 3 rings (SSSR count). The van der Waals surface area contributed by atoms with Gasteiger partial charge in [0.25, 0.3) is 32.1 Å². The van der Waals surface area contributed by atoms with Gasteiger partial charge in [0.2, 0.25) is 0 Å². The molecule has 1 aliphatic heterocycles. The van der Waals surface area contributed by atoms with Crippen LogP contribution in [-0.2, 0) is 26.4 Å². The zero-order valence-corrected chi connectivity index (χ0v) is 22.7. The van der Waals surface area contributed by atoms with E-state index in [0.717, 1.165) is 6.07 Å². The number of halogens is 3. The Morgan fingerprint density at radius 3 is 1.90 bits per heavy atom. The van der Waals surface area contributed by atoms with E-state index in [0.29, 0.717) is 12.5 Å². The number of amides is 2. The molecule has 1 fully saturated rings. The highest BCUT2D eigenvalue weighted by atomic mass is 32.2. The van der Waals surface area contributed by atoms with Gasteiger partial charge in [-0.2, -0.15) is 35.0 Å². The lowest BCUT2D eigenvalue weighted by Gasteiger charge is -2.37. The Hall–Kier alpha value is -3.81. The molecule has 2 heterocycles. The van der Waals surface area contributed by atoms with Crippen molar-refractivity contribution in [1.29, 1.82) is 0 Å². The maximum absolute atomic E-state index is 13.6. The van der Waals surface area contributed by atoms with Crippen LogP contribution < -0.4 is 16.4 Å². The molecule has 0 bridgehead atoms. The first kappa shape index (κ1) is 34.2. The summed E-state index contributed by atoms with van der Waals surface area (Å²) in [7, 11) is -7.33. The molecule has 1 aliphatic rings. The summed E-state index contributed by atoms with van der Waals surface area (Å²) in [6.07, 6.45) is -1.76. The smallest absolute Gasteiger partial charge is 0.370 e. The number of guanidine groups is 1. The maximum Gasteiger partial charge on any atom is 0.418 e. The summed E-state index contributed by atoms with van der Waals surface area (Å²) >= 11 is 0. The number of pyridine rings is 1. The predicted molar refractivity (Wildman–Crippen MR) is 139 cm³/mol. The summed E-state index contributed by atoms with van der Waals surface area (Å²) in [5.41, 5.74) is 9.20. The van der Waals surface area contributed by atoms with E-state index in [-0.39, 0.29) is 49.0 Å². The molecule has 1 aromatic heterocycles. The summed E-state index contributed by atoms with van der Waals surface area (Å²) < 4.78 is 92.7. The monoisotopic (exact) mass is 612 g/mol. The molecule has 0 atom stereocenters. The fourth-order valence-corrected chi connectivity index (χ4v) is 3.16. The third-order valence-corrected chi connectivity index (χ3v) is 4.57. The van der Waals surface area contributed by atoms with E-state index in [4.69, 9.17) is 20.6 Å². The van der Waals surface area contributed by atoms with Gasteiger partial charge >= 0.3 is 6.18 Å². The molecule has 0 aliphatic carbocycles. The summed E-state index contributed by atoms with van der Waals surface area (Å²) in [5, 5.41) is 0. The average Bonchev–Trinajstić information content (AvgIpc) is 2.81. The Bertz CT molecular complexity index is 1380. The van der Waals surface area contributed by atoms with Crippen molar-refractivity contribution in [2.45, 2.75) is 6.18 Å². The minimum atomic E-state index is -4.69. The number of aromatic nitrogens is 1. The first-order valence-electron chi connectivity index (χ1n) is 10.8. The van der Waals surface area contributed by atoms with Gasteiger partial charge in [-0.1, -0.05) is 6.07 Å². The second kappa shape index (κ2) is 14.0. The van der Waals surface area contributed by atoms with Crippen LogP contribution in [0.5, 0.6) is 0 Å². The maximum atomic E-state index is 13.6. The minimum Gasteiger partial charge on any atom is -0.370 e. The van der Waals surface area contributed by atoms with Crippen molar-refractivity contribution in [1.82, 2.24) is 9.88 Å². The molecule has 0 spiro atoms. The molecule has 19 heteroatoms. The minimum absolute atomic E-state index is 0.0753. The number of piperazine rings is 1. The van der Waals surface area contributed by atoms with E-state index in [1.807, 2.05) is 0 Å². The van der Waals surface area contributed by atoms with Gasteiger partial charge in [-0.3, -0.25) is 23.7 Å². The number of benzene rings is 1. The van der Waals surface area contributed by atoms with Crippen molar-refractivity contribution in [2.75, 3.05) is 43.6 Å². The normalized spacial score (nSPS) is 13.7. The fraction of sp³-hybridized carbons (Fsp3) is 0.333. The number of anilines is 1. The van der Waals surface area contributed by atoms with Crippen LogP contribution in [0.15, 0.2) is 47.6 Å². The molecule has 222 valence electrons. The second-order valence-electron chi connectivity index (χ2n) is 8.03. The van der Waals surface area contributed by atoms with E-state index in [1.165, 1.54) is 23.2 Å². The summed E-state index contributed by atoms with van der Waals surface area (Å²) in [6.45, 7) is 0.870. The van der Waals surface area contributed by atoms with Gasteiger partial charge in [0.15, 0.2) is 5.96 Å². The molecule has 6 N–H and O–H groups in total. The lowest BCUT2D eigenvalue weighted by atomic mass is 10.1. The van der Waals surface area contributed by atoms with Crippen molar-refractivity contribution < 1.29 is 48.7 Å². The number of nitrogens with two attached hydrogens (primary N) is 2. The highest BCUT2D eigenvalue weighted by Crippen LogP contribution is 2.37. The third-order valence-electron chi connectivity index (χ3n) is 4.57. The highest BCUT2D eigenvalue weighted by molar-refractivity contribution is 7.85. The van der Waals surface area contributed by atoms with Crippen LogP contribution in [0.3, 0.4) is 0 Å². The van der Waals surface area contributed by atoms with Gasteiger partial charge in [-0.05, 0) is 30.3 Å². The number of aliphatic imine (C=N–C) groups is 1. The Kier molecular flexibility index (Phi) is 12.0. The number of carbonyl (C=O) groups excluding carboxylic acids is 2. The first-order chi connectivity index (χ1) is 18.2. The third kappa shape index (κ3) is 13.3. The fourth-order valence-electron chi connectivity index (χ4n) is 3.16. The number of hydrogen-bond acceptors (Lipinski definition) is 8. The topological polar surface area (TPSA) is 227 Å². The zero-order valence-electron chi connectivity index (χ0n) is 21.1. The molecule has 1 aromatic carbocycles. The Balaban J connectivity index is 0.000000686. The first-order valence-corrected chi connectivity index (χ1v) is 14.5. The van der Waals surface area contributed by atoms with Gasteiger partial charge in [0, 0.05) is 43.6 Å². The van der Waals surface area contributed by atoms with Crippen molar-refractivity contribution in [3.8, 4) is 0 Å². The van der Waals surface area contributed by atoms with Gasteiger partial charge in [-0.25, -0.2) is 0 Å². The highest BCUT2D eigenvalue weighted by Gasteiger charge is 2.36. The molecule has 0 saturated carbocycles. The second-order valence-corrected chi connectivity index (χ2v) is 11.0. The lowest BCUT2D eigenvalue weighted by Crippen LogP contribution is -2.49. The van der Waals surface area contributed by atoms with Crippen molar-refractivity contribution in [3.05, 3.63) is 59.4 Å². The van der Waals surface area contributed by atoms with Crippen LogP contribution in [0, 0.1) is 0 Å². The predicted octanol–water partition coefficient (Wildman–Crippen LogP) is 0.484. The van der Waals surface area contributed by atoms with Gasteiger partial charge in [0.1, 0.15) is 5.69 Å². The summed E-state index contributed by atoms with van der Waals surface area (Å²) in [4.78, 5) is 34.7. The van der Waals surface area contributed by atoms with Crippen LogP contribution in [-0.4, -0.2) is 92.3 Å². The van der Waals surface area contributed by atoms with E-state index >= 15 is 0 Å². The van der Waals surface area contributed by atoms with Crippen LogP contribution in [0.25, 0.3) is 0 Å². The molecule has 2 amide bonds. The van der Waals surface area contributed by atoms with E-state index < -0.39 is 43.8 Å². The molecule has 14 nitrogen and oxygen atoms in total. The van der Waals surface area contributed by atoms with E-state index in [1.54, 1.807) is 23.1 Å². The number of carbonyl (C=O) groups is 2. The molecule has 0 radical (unpaired) electrons. The van der Waals surface area contributed by atoms with E-state index in [9.17, 15) is 39.6 Å². The summed E-state index contributed by atoms with van der Waals surface area (Å²) in [5.74, 6) is -1.77. The van der Waals surface area contributed by atoms with Crippen LogP contribution in [0.2, 0.25) is 0 Å². The lowest BCUT2D eigenvalue weighted by molar-refractivity contribution is -0.137. The molecule has 2 aromatic rings. The van der Waals surface area contributed by atoms with Crippen LogP contribution in [0.4, 0.5) is 18.9 Å². The van der Waals surface area contributed by atoms with Crippen molar-refractivity contribution in [3.63, 3.8) is 0 Å². The Morgan fingerprint density at radius 2 is 1.48 bits per heavy atom. The van der Waals surface area contributed by atoms with Gasteiger partial charge < -0.3 is 21.3 Å². The van der Waals surface area contributed by atoms with Crippen molar-refractivity contribution in [2.24, 2.45) is 16.5 Å². The number of hydrogen-bond donors (Lipinski definition) is 4. The standard InChI is InChI=1S/C19H19F3N6O2.2CH4O3S/c20-19(21,22)13-11-12(16(29)26-18(23)24)4-5-15(13)27-7-9-28(10-8-27)17(30)14-3-1-2-6-25-14;2*1-5(2,3)4/h1-6,11H,7-10H2,(H4,23,24,26,29);2*1H3,(H,2,3,4). The molecular formula is C21H27F3N6O8S2. The number of nitrogens with zero attached hydrogens (tertiary/aromatic N) is 4. The quantitative estimate of drug-likeness (QED) is 0.211. The average molecular weight is 613 g/mol.